The van der Waals surface area contributed by atoms with Crippen LogP contribution in [0.25, 0.3) is 11.4 Å². The number of rotatable bonds is 6. The molecule has 1 fully saturated rings. The molecule has 0 atom stereocenters. The number of hydrogen-bond donors (Lipinski definition) is 2. The first-order valence-electron chi connectivity index (χ1n) is 15.7. The summed E-state index contributed by atoms with van der Waals surface area (Å²) in [6.07, 6.45) is 5.19. The zero-order valence-corrected chi connectivity index (χ0v) is 27.4. The van der Waals surface area contributed by atoms with Crippen LogP contribution in [0, 0.1) is 6.92 Å². The molecular weight excluding hydrogens is 691 g/mol. The summed E-state index contributed by atoms with van der Waals surface area (Å²) < 4.78 is 74.2. The second-order valence-corrected chi connectivity index (χ2v) is 15.1. The molecule has 7 rings (SSSR count). The molecule has 13 nitrogen and oxygen atoms in total. The van der Waals surface area contributed by atoms with E-state index in [9.17, 15) is 38.9 Å². The van der Waals surface area contributed by atoms with Crippen LogP contribution in [0.4, 0.5) is 25.1 Å². The number of nitrogens with zero attached hydrogens (tertiary/aromatic N) is 7. The number of nitrogens with one attached hydrogen (secondary N) is 1. The maximum absolute atomic E-state index is 14.2. The first-order chi connectivity index (χ1) is 23.4. The van der Waals surface area contributed by atoms with Gasteiger partial charge < -0.3 is 24.6 Å². The fourth-order valence-electron chi connectivity index (χ4n) is 6.96. The molecule has 1 aliphatic carbocycles. The van der Waals surface area contributed by atoms with E-state index in [1.807, 2.05) is 0 Å². The molecule has 1 aromatic carbocycles. The average molecular weight is 723 g/mol. The normalized spacial score (nSPS) is 18.8. The van der Waals surface area contributed by atoms with Crippen molar-refractivity contribution in [2.45, 2.75) is 55.9 Å². The number of carbonyl (C=O) groups excluding carboxylic acids is 2. The van der Waals surface area contributed by atoms with Gasteiger partial charge in [-0.1, -0.05) is 25.5 Å². The molecule has 2 aliphatic heterocycles. The Hall–Kier alpha value is -4.91. The number of aromatic nitrogens is 6. The molecule has 1 saturated heterocycles. The highest BCUT2D eigenvalue weighted by Crippen LogP contribution is 3.02. The van der Waals surface area contributed by atoms with Gasteiger partial charge in [0.1, 0.15) is 17.8 Å². The summed E-state index contributed by atoms with van der Waals surface area (Å²) >= 11 is 0. The number of aryl methyl sites for hydroxylation is 1. The molecule has 2 amide bonds. The van der Waals surface area contributed by atoms with Crippen LogP contribution in [0.15, 0.2) is 46.4 Å². The molecule has 0 bridgehead atoms. The first kappa shape index (κ1) is 33.6. The molecule has 266 valence electrons. The van der Waals surface area contributed by atoms with Gasteiger partial charge in [-0.25, -0.2) is 9.97 Å². The number of piperidine rings is 1. The van der Waals surface area contributed by atoms with Crippen LogP contribution in [0.3, 0.4) is 0 Å². The SMILES string of the molecule is Cc1ncnc(C(=O)N2CCC3(CCc4c3c(=O)n3nc(C5=CCOCC5)nc3n4CC(=O)Nc3ccc(S(F)(F)(F)(F)F)cc3)CC2)c1O. The van der Waals surface area contributed by atoms with Gasteiger partial charge in [0, 0.05) is 35.4 Å². The molecule has 5 heterocycles. The molecule has 4 aromatic rings. The van der Waals surface area contributed by atoms with Gasteiger partial charge in [-0.05, 0) is 68.9 Å². The summed E-state index contributed by atoms with van der Waals surface area (Å²) in [4.78, 5) is 52.8. The number of aromatic hydroxyl groups is 1. The third-order valence-electron chi connectivity index (χ3n) is 9.57. The number of anilines is 1. The Morgan fingerprint density at radius 2 is 1.76 bits per heavy atom. The average Bonchev–Trinajstić information content (AvgIpc) is 3.67. The second-order valence-electron chi connectivity index (χ2n) is 12.7. The van der Waals surface area contributed by atoms with Gasteiger partial charge in [-0.15, -0.1) is 5.10 Å². The van der Waals surface area contributed by atoms with Crippen molar-refractivity contribution in [2.75, 3.05) is 31.6 Å². The van der Waals surface area contributed by atoms with Crippen molar-refractivity contribution < 1.29 is 38.9 Å². The minimum absolute atomic E-state index is 0.0850. The zero-order valence-electron chi connectivity index (χ0n) is 26.5. The highest BCUT2D eigenvalue weighted by atomic mass is 32.5. The number of hydrogen-bond acceptors (Lipinski definition) is 9. The second kappa shape index (κ2) is 11.0. The monoisotopic (exact) mass is 722 g/mol. The number of ether oxygens (including phenoxy) is 1. The molecular formula is C31H31F5N8O5S. The van der Waals surface area contributed by atoms with Crippen molar-refractivity contribution in [3.63, 3.8) is 0 Å². The Balaban J connectivity index is 1.22. The van der Waals surface area contributed by atoms with Gasteiger partial charge in [0.05, 0.1) is 18.9 Å². The summed E-state index contributed by atoms with van der Waals surface area (Å²) in [6, 6.07) is 1.92. The van der Waals surface area contributed by atoms with Crippen molar-refractivity contribution in [1.29, 1.82) is 0 Å². The quantitative estimate of drug-likeness (QED) is 0.264. The zero-order chi connectivity index (χ0) is 35.7. The first-order valence-corrected chi connectivity index (χ1v) is 17.6. The van der Waals surface area contributed by atoms with Crippen LogP contribution in [0.5, 0.6) is 5.75 Å². The summed E-state index contributed by atoms with van der Waals surface area (Å²) in [5.41, 5.74) is 0.652. The van der Waals surface area contributed by atoms with E-state index in [2.05, 4.69) is 25.4 Å². The van der Waals surface area contributed by atoms with Crippen molar-refractivity contribution in [3.05, 3.63) is 75.5 Å². The maximum atomic E-state index is 14.2. The Morgan fingerprint density at radius 1 is 1.04 bits per heavy atom. The number of carbonyl (C=O) groups is 2. The van der Waals surface area contributed by atoms with E-state index >= 15 is 0 Å². The van der Waals surface area contributed by atoms with Gasteiger partial charge in [0.2, 0.25) is 11.7 Å². The van der Waals surface area contributed by atoms with Gasteiger partial charge >= 0.3 is 10.2 Å². The van der Waals surface area contributed by atoms with Crippen LogP contribution in [0.1, 0.15) is 58.9 Å². The van der Waals surface area contributed by atoms with E-state index in [-0.39, 0.29) is 59.6 Å². The van der Waals surface area contributed by atoms with Crippen molar-refractivity contribution in [1.82, 2.24) is 34.0 Å². The molecule has 19 heteroatoms. The Kier molecular flexibility index (Phi) is 7.42. The van der Waals surface area contributed by atoms with Gasteiger partial charge in [-0.2, -0.15) is 9.50 Å². The highest BCUT2D eigenvalue weighted by molar-refractivity contribution is 8.45. The molecule has 50 heavy (non-hydrogen) atoms. The van der Waals surface area contributed by atoms with E-state index in [0.29, 0.717) is 56.6 Å². The highest BCUT2D eigenvalue weighted by Gasteiger charge is 2.65. The fourth-order valence-corrected chi connectivity index (χ4v) is 7.61. The lowest BCUT2D eigenvalue weighted by Gasteiger charge is -2.40. The summed E-state index contributed by atoms with van der Waals surface area (Å²) in [5, 5.41) is 17.4. The minimum Gasteiger partial charge on any atom is -0.504 e. The van der Waals surface area contributed by atoms with Crippen LogP contribution in [-0.4, -0.2) is 77.3 Å². The van der Waals surface area contributed by atoms with Crippen LogP contribution < -0.4 is 10.9 Å². The summed E-state index contributed by atoms with van der Waals surface area (Å²) in [6.45, 7) is 2.41. The largest absolute Gasteiger partial charge is 0.504 e. The standard InChI is InChI=1S/C31H31F5N8O5S/c1-18-26(46)25(38-17-37-18)29(48)42-12-10-31(11-13-42)9-6-22-24(31)28(47)44-30(40-27(41-44)19-7-14-49-15-8-19)43(22)16-23(45)39-20-2-4-21(5-3-20)50(32,33,34,35)36/h2-5,7,17,46H,6,8-16H2,1H3,(H,39,45). The maximum Gasteiger partial charge on any atom is 0.310 e. The third-order valence-corrected chi connectivity index (χ3v) is 10.7. The van der Waals surface area contributed by atoms with Crippen LogP contribution in [0.2, 0.25) is 0 Å². The lowest BCUT2D eigenvalue weighted by atomic mass is 9.74. The van der Waals surface area contributed by atoms with Crippen LogP contribution in [-0.2, 0) is 27.9 Å². The predicted molar refractivity (Wildman–Crippen MR) is 171 cm³/mol. The number of fused-ring (bicyclic) bond motifs is 3. The van der Waals surface area contributed by atoms with Crippen LogP contribution >= 0.6 is 10.2 Å². The van der Waals surface area contributed by atoms with E-state index in [1.165, 1.54) is 6.33 Å². The van der Waals surface area contributed by atoms with E-state index < -0.39 is 44.5 Å². The summed E-state index contributed by atoms with van der Waals surface area (Å²) in [7, 11) is -9.90. The number of benzene rings is 1. The van der Waals surface area contributed by atoms with Crippen molar-refractivity contribution in [3.8, 4) is 5.75 Å². The molecule has 0 saturated carbocycles. The van der Waals surface area contributed by atoms with Crippen molar-refractivity contribution in [2.24, 2.45) is 0 Å². The Morgan fingerprint density at radius 3 is 2.42 bits per heavy atom. The third kappa shape index (κ3) is 5.97. The molecule has 1 spiro atoms. The lowest BCUT2D eigenvalue weighted by molar-refractivity contribution is -0.116. The molecule has 2 N–H and O–H groups in total. The predicted octanol–water partition coefficient (Wildman–Crippen LogP) is 4.92. The topological polar surface area (TPSA) is 157 Å². The fraction of sp³-hybridized carbons (Fsp3) is 0.387. The number of likely N-dealkylation sites (tertiary alicyclic amines) is 1. The van der Waals surface area contributed by atoms with Gasteiger partial charge in [0.25, 0.3) is 11.5 Å². The van der Waals surface area contributed by atoms with E-state index in [0.717, 1.165) is 22.2 Å². The lowest BCUT2D eigenvalue weighted by Crippen LogP contribution is -2.46. The number of halogens is 5. The Bertz CT molecular complexity index is 2160. The minimum atomic E-state index is -9.90. The molecule has 0 radical (unpaired) electrons. The smallest absolute Gasteiger partial charge is 0.310 e. The molecule has 3 aromatic heterocycles. The van der Waals surface area contributed by atoms with Gasteiger partial charge in [0.15, 0.2) is 17.3 Å². The Labute approximate surface area is 280 Å². The van der Waals surface area contributed by atoms with E-state index in [1.54, 1.807) is 22.5 Å². The molecule has 0 unspecified atom stereocenters. The summed E-state index contributed by atoms with van der Waals surface area (Å²) in [5.74, 6) is -1.10. The molecule has 3 aliphatic rings. The number of amides is 2. The van der Waals surface area contributed by atoms with Crippen molar-refractivity contribution >= 4 is 39.1 Å². The van der Waals surface area contributed by atoms with Gasteiger partial charge in [-0.3, -0.25) is 14.4 Å². The van der Waals surface area contributed by atoms with E-state index in [4.69, 9.17) is 4.74 Å².